The summed E-state index contributed by atoms with van der Waals surface area (Å²) in [6.07, 6.45) is 0.805. The van der Waals surface area contributed by atoms with Crippen molar-refractivity contribution >= 4 is 5.97 Å². The molecule has 4 nitrogen and oxygen atoms in total. The average Bonchev–Trinajstić information content (AvgIpc) is 2.56. The summed E-state index contributed by atoms with van der Waals surface area (Å²) in [5.41, 5.74) is 0. The molecule has 1 saturated heterocycles. The van der Waals surface area contributed by atoms with Crippen LogP contribution in [0.5, 0.6) is 0 Å². The minimum atomic E-state index is -0.179. The van der Waals surface area contributed by atoms with Gasteiger partial charge >= 0.3 is 5.97 Å². The van der Waals surface area contributed by atoms with E-state index in [0.29, 0.717) is 25.7 Å². The zero-order valence-corrected chi connectivity index (χ0v) is 8.91. The van der Waals surface area contributed by atoms with Crippen LogP contribution in [-0.2, 0) is 14.3 Å². The van der Waals surface area contributed by atoms with Gasteiger partial charge in [0.25, 0.3) is 0 Å². The van der Waals surface area contributed by atoms with Crippen molar-refractivity contribution in [1.82, 2.24) is 5.32 Å². The summed E-state index contributed by atoms with van der Waals surface area (Å²) in [5, 5.41) is 3.04. The molecule has 1 rings (SSSR count). The SMILES string of the molecule is CC(C)CNCC(=O)OC1CCOC1. The third kappa shape index (κ3) is 4.58. The molecular weight excluding hydrogens is 182 g/mol. The van der Waals surface area contributed by atoms with E-state index in [9.17, 15) is 4.79 Å². The molecule has 0 amide bonds. The molecule has 0 bridgehead atoms. The van der Waals surface area contributed by atoms with E-state index in [0.717, 1.165) is 13.0 Å². The Morgan fingerprint density at radius 2 is 2.43 bits per heavy atom. The first-order valence-electron chi connectivity index (χ1n) is 5.16. The standard InChI is InChI=1S/C10H19NO3/c1-8(2)5-11-6-10(12)14-9-3-4-13-7-9/h8-9,11H,3-7H2,1-2H3. The van der Waals surface area contributed by atoms with E-state index in [1.54, 1.807) is 0 Å². The van der Waals surface area contributed by atoms with Gasteiger partial charge in [-0.3, -0.25) is 4.79 Å². The number of carbonyl (C=O) groups is 1. The summed E-state index contributed by atoms with van der Waals surface area (Å²) in [4.78, 5) is 11.2. The molecule has 0 aromatic rings. The average molecular weight is 201 g/mol. The Labute approximate surface area is 85.0 Å². The van der Waals surface area contributed by atoms with Gasteiger partial charge in [-0.2, -0.15) is 0 Å². The maximum atomic E-state index is 11.2. The van der Waals surface area contributed by atoms with Gasteiger partial charge in [-0.1, -0.05) is 13.8 Å². The fourth-order valence-electron chi connectivity index (χ4n) is 1.30. The molecule has 1 aliphatic rings. The van der Waals surface area contributed by atoms with E-state index in [-0.39, 0.29) is 12.1 Å². The van der Waals surface area contributed by atoms with Gasteiger partial charge in [-0.15, -0.1) is 0 Å². The first-order chi connectivity index (χ1) is 6.68. The second kappa shape index (κ2) is 5.98. The van der Waals surface area contributed by atoms with Crippen molar-refractivity contribution in [3.63, 3.8) is 0 Å². The molecule has 0 aliphatic carbocycles. The summed E-state index contributed by atoms with van der Waals surface area (Å²) in [6.45, 7) is 6.60. The van der Waals surface area contributed by atoms with Crippen molar-refractivity contribution < 1.29 is 14.3 Å². The highest BCUT2D eigenvalue weighted by atomic mass is 16.6. The van der Waals surface area contributed by atoms with Crippen LogP contribution in [0, 0.1) is 5.92 Å². The predicted molar refractivity (Wildman–Crippen MR) is 53.0 cm³/mol. The highest BCUT2D eigenvalue weighted by Gasteiger charge is 2.19. The zero-order chi connectivity index (χ0) is 10.4. The van der Waals surface area contributed by atoms with Crippen molar-refractivity contribution in [2.45, 2.75) is 26.4 Å². The molecule has 1 atom stereocenters. The number of rotatable bonds is 5. The first-order valence-corrected chi connectivity index (χ1v) is 5.16. The van der Waals surface area contributed by atoms with Crippen LogP contribution in [0.3, 0.4) is 0 Å². The maximum Gasteiger partial charge on any atom is 0.320 e. The van der Waals surface area contributed by atoms with Crippen molar-refractivity contribution in [2.75, 3.05) is 26.3 Å². The Morgan fingerprint density at radius 1 is 1.64 bits per heavy atom. The lowest BCUT2D eigenvalue weighted by atomic mass is 10.2. The molecule has 4 heteroatoms. The molecule has 0 saturated carbocycles. The lowest BCUT2D eigenvalue weighted by Gasteiger charge is -2.11. The molecule has 82 valence electrons. The molecule has 1 fully saturated rings. The first kappa shape index (κ1) is 11.5. The Kier molecular flexibility index (Phi) is 4.90. The largest absolute Gasteiger partial charge is 0.459 e. The predicted octanol–water partition coefficient (Wildman–Crippen LogP) is 0.564. The Morgan fingerprint density at radius 3 is 3.00 bits per heavy atom. The summed E-state index contributed by atoms with van der Waals surface area (Å²) in [7, 11) is 0. The fourth-order valence-corrected chi connectivity index (χ4v) is 1.30. The van der Waals surface area contributed by atoms with E-state index in [2.05, 4.69) is 19.2 Å². The van der Waals surface area contributed by atoms with Crippen molar-refractivity contribution in [3.8, 4) is 0 Å². The Bertz CT molecular complexity index is 176. The second-order valence-electron chi connectivity index (χ2n) is 4.00. The van der Waals surface area contributed by atoms with Gasteiger partial charge in [0.1, 0.15) is 6.10 Å². The zero-order valence-electron chi connectivity index (χ0n) is 8.91. The number of ether oxygens (including phenoxy) is 2. The minimum Gasteiger partial charge on any atom is -0.459 e. The molecule has 0 aromatic carbocycles. The van der Waals surface area contributed by atoms with E-state index in [1.807, 2.05) is 0 Å². The van der Waals surface area contributed by atoms with Crippen molar-refractivity contribution in [1.29, 1.82) is 0 Å². The van der Waals surface area contributed by atoms with E-state index >= 15 is 0 Å². The summed E-state index contributed by atoms with van der Waals surface area (Å²) in [5.74, 6) is 0.374. The Balaban J connectivity index is 2.03. The fraction of sp³-hybridized carbons (Fsp3) is 0.900. The van der Waals surface area contributed by atoms with Gasteiger partial charge in [0.15, 0.2) is 0 Å². The highest BCUT2D eigenvalue weighted by molar-refractivity contribution is 5.71. The van der Waals surface area contributed by atoms with Gasteiger partial charge < -0.3 is 14.8 Å². The summed E-state index contributed by atoms with van der Waals surface area (Å²) in [6, 6.07) is 0. The number of carbonyl (C=O) groups excluding carboxylic acids is 1. The van der Waals surface area contributed by atoms with E-state index < -0.39 is 0 Å². The highest BCUT2D eigenvalue weighted by Crippen LogP contribution is 2.07. The number of nitrogens with one attached hydrogen (secondary N) is 1. The van der Waals surface area contributed by atoms with Crippen LogP contribution in [0.4, 0.5) is 0 Å². The van der Waals surface area contributed by atoms with Crippen LogP contribution in [0.15, 0.2) is 0 Å². The number of esters is 1. The molecule has 1 heterocycles. The van der Waals surface area contributed by atoms with Crippen LogP contribution in [0.1, 0.15) is 20.3 Å². The third-order valence-corrected chi connectivity index (χ3v) is 2.01. The molecular formula is C10H19NO3. The third-order valence-electron chi connectivity index (χ3n) is 2.01. The number of hydrogen-bond acceptors (Lipinski definition) is 4. The van der Waals surface area contributed by atoms with Crippen LogP contribution in [-0.4, -0.2) is 38.4 Å². The molecule has 1 N–H and O–H groups in total. The number of hydrogen-bond donors (Lipinski definition) is 1. The van der Waals surface area contributed by atoms with Crippen LogP contribution in [0.25, 0.3) is 0 Å². The quantitative estimate of drug-likeness (QED) is 0.660. The van der Waals surface area contributed by atoms with Crippen LogP contribution < -0.4 is 5.32 Å². The molecule has 0 radical (unpaired) electrons. The second-order valence-corrected chi connectivity index (χ2v) is 4.00. The van der Waals surface area contributed by atoms with Crippen LogP contribution >= 0.6 is 0 Å². The molecule has 1 aliphatic heterocycles. The molecule has 1 unspecified atom stereocenters. The molecule has 0 spiro atoms. The molecule has 14 heavy (non-hydrogen) atoms. The molecule has 0 aromatic heterocycles. The normalized spacial score (nSPS) is 21.5. The smallest absolute Gasteiger partial charge is 0.320 e. The minimum absolute atomic E-state index is 0.0247. The van der Waals surface area contributed by atoms with Gasteiger partial charge in [0.2, 0.25) is 0 Å². The monoisotopic (exact) mass is 201 g/mol. The lowest BCUT2D eigenvalue weighted by Crippen LogP contribution is -2.30. The lowest BCUT2D eigenvalue weighted by molar-refractivity contribution is -0.147. The van der Waals surface area contributed by atoms with E-state index in [4.69, 9.17) is 9.47 Å². The van der Waals surface area contributed by atoms with Gasteiger partial charge in [-0.05, 0) is 12.5 Å². The van der Waals surface area contributed by atoms with Crippen molar-refractivity contribution in [3.05, 3.63) is 0 Å². The van der Waals surface area contributed by atoms with Gasteiger partial charge in [-0.25, -0.2) is 0 Å². The summed E-state index contributed by atoms with van der Waals surface area (Å²) < 4.78 is 10.3. The van der Waals surface area contributed by atoms with Gasteiger partial charge in [0, 0.05) is 6.42 Å². The topological polar surface area (TPSA) is 47.6 Å². The Hall–Kier alpha value is -0.610. The van der Waals surface area contributed by atoms with Gasteiger partial charge in [0.05, 0.1) is 19.8 Å². The van der Waals surface area contributed by atoms with E-state index in [1.165, 1.54) is 0 Å². The summed E-state index contributed by atoms with van der Waals surface area (Å²) >= 11 is 0. The maximum absolute atomic E-state index is 11.2. The van der Waals surface area contributed by atoms with Crippen LogP contribution in [0.2, 0.25) is 0 Å². The van der Waals surface area contributed by atoms with Crippen molar-refractivity contribution in [2.24, 2.45) is 5.92 Å².